The van der Waals surface area contributed by atoms with Crippen molar-refractivity contribution in [2.24, 2.45) is 5.92 Å². The number of aromatic hydroxyl groups is 1. The van der Waals surface area contributed by atoms with E-state index in [1.54, 1.807) is 13.0 Å². The zero-order chi connectivity index (χ0) is 21.4. The maximum atomic E-state index is 13.1. The van der Waals surface area contributed by atoms with Crippen molar-refractivity contribution in [2.45, 2.75) is 68.5 Å². The van der Waals surface area contributed by atoms with E-state index in [4.69, 9.17) is 4.74 Å². The molecule has 0 saturated carbocycles. The summed E-state index contributed by atoms with van der Waals surface area (Å²) in [4.78, 5) is 15.4. The van der Waals surface area contributed by atoms with Gasteiger partial charge in [0.1, 0.15) is 12.2 Å². The van der Waals surface area contributed by atoms with E-state index in [9.17, 15) is 25.2 Å². The number of rotatable bonds is 5. The second-order valence-corrected chi connectivity index (χ2v) is 9.47. The van der Waals surface area contributed by atoms with Crippen molar-refractivity contribution >= 4 is 5.78 Å². The SMILES string of the molecule is CC(O)CC(O)CC(=O)c1cc(O)c2c3c1C[C@@H]1[C@@H]4C=C[C@H](O)[C@H](O2)[C@]34CCN1C.[H+]. The molecule has 4 aliphatic rings. The van der Waals surface area contributed by atoms with E-state index >= 15 is 0 Å². The number of carbonyl (C=O) groups excluding carboxylic acids is 1. The second-order valence-electron chi connectivity index (χ2n) is 9.47. The molecule has 1 fully saturated rings. The van der Waals surface area contributed by atoms with Gasteiger partial charge < -0.3 is 30.1 Å². The van der Waals surface area contributed by atoms with Gasteiger partial charge in [-0.15, -0.1) is 0 Å². The van der Waals surface area contributed by atoms with Gasteiger partial charge in [0, 0.05) is 34.9 Å². The maximum absolute atomic E-state index is 13.1. The average Bonchev–Trinajstić information content (AvgIpc) is 3.02. The number of phenols is 1. The lowest BCUT2D eigenvalue weighted by Crippen LogP contribution is -2.64. The normalized spacial score (nSPS) is 35.5. The van der Waals surface area contributed by atoms with Gasteiger partial charge in [-0.3, -0.25) is 4.79 Å². The summed E-state index contributed by atoms with van der Waals surface area (Å²) in [5.74, 6) is 0.201. The van der Waals surface area contributed by atoms with Gasteiger partial charge in [-0.05, 0) is 51.4 Å². The summed E-state index contributed by atoms with van der Waals surface area (Å²) in [6, 6.07) is 1.63. The topological polar surface area (TPSA) is 110 Å². The van der Waals surface area contributed by atoms with Crippen LogP contribution >= 0.6 is 0 Å². The van der Waals surface area contributed by atoms with Crippen molar-refractivity contribution in [1.82, 2.24) is 4.90 Å². The fourth-order valence-corrected chi connectivity index (χ4v) is 6.37. The molecule has 1 aromatic rings. The fraction of sp³-hybridized carbons (Fsp3) is 0.609. The van der Waals surface area contributed by atoms with Gasteiger partial charge in [0.25, 0.3) is 0 Å². The van der Waals surface area contributed by atoms with Crippen molar-refractivity contribution in [1.29, 1.82) is 0 Å². The zero-order valence-electron chi connectivity index (χ0n) is 18.3. The second kappa shape index (κ2) is 6.79. The third kappa shape index (κ3) is 2.62. The summed E-state index contributed by atoms with van der Waals surface area (Å²) in [6.45, 7) is 2.43. The van der Waals surface area contributed by atoms with Crippen LogP contribution in [-0.2, 0) is 11.8 Å². The van der Waals surface area contributed by atoms with Gasteiger partial charge in [-0.2, -0.15) is 0 Å². The van der Waals surface area contributed by atoms with Crippen LogP contribution in [0.1, 0.15) is 49.1 Å². The van der Waals surface area contributed by atoms with Crippen LogP contribution in [-0.4, -0.2) is 75.2 Å². The first-order valence-corrected chi connectivity index (χ1v) is 10.8. The number of Topliss-reactive ketones (excluding diaryl/α,β-unsaturated/α-hetero) is 1. The Hall–Kier alpha value is -1.93. The molecule has 0 radical (unpaired) electrons. The van der Waals surface area contributed by atoms with E-state index in [2.05, 4.69) is 18.0 Å². The molecular formula is C23H30NO6+. The Bertz CT molecular complexity index is 933. The Labute approximate surface area is 177 Å². The minimum atomic E-state index is -0.944. The highest BCUT2D eigenvalue weighted by Gasteiger charge is 2.64. The van der Waals surface area contributed by atoms with Crippen molar-refractivity contribution in [3.05, 3.63) is 34.9 Å². The molecule has 0 amide bonds. The van der Waals surface area contributed by atoms with Crippen molar-refractivity contribution in [2.75, 3.05) is 13.6 Å². The zero-order valence-corrected chi connectivity index (χ0v) is 17.3. The Morgan fingerprint density at radius 1 is 1.40 bits per heavy atom. The number of carbonyl (C=O) groups is 1. The van der Waals surface area contributed by atoms with Gasteiger partial charge >= 0.3 is 1.43 Å². The molecule has 1 spiro atoms. The van der Waals surface area contributed by atoms with Gasteiger partial charge in [0.15, 0.2) is 17.3 Å². The summed E-state index contributed by atoms with van der Waals surface area (Å²) in [5.41, 5.74) is 1.70. The van der Waals surface area contributed by atoms with Crippen molar-refractivity contribution in [3.8, 4) is 11.5 Å². The number of hydrogen-bond acceptors (Lipinski definition) is 7. The molecule has 2 bridgehead atoms. The number of aliphatic hydroxyl groups excluding tert-OH is 3. The highest BCUT2D eigenvalue weighted by atomic mass is 16.5. The molecule has 5 rings (SSSR count). The van der Waals surface area contributed by atoms with Gasteiger partial charge in [-0.25, -0.2) is 0 Å². The number of benzene rings is 1. The predicted octanol–water partition coefficient (Wildman–Crippen LogP) is 1.02. The van der Waals surface area contributed by atoms with E-state index in [-0.39, 0.29) is 37.8 Å². The van der Waals surface area contributed by atoms with Crippen LogP contribution in [0.3, 0.4) is 0 Å². The largest absolute Gasteiger partial charge is 1.00 e. The highest BCUT2D eigenvalue weighted by Crippen LogP contribution is 2.63. The summed E-state index contributed by atoms with van der Waals surface area (Å²) in [6.07, 6.45) is 2.43. The summed E-state index contributed by atoms with van der Waals surface area (Å²) >= 11 is 0. The lowest BCUT2D eigenvalue weighted by atomic mass is 9.53. The number of aliphatic hydroxyl groups is 3. The predicted molar refractivity (Wildman–Crippen MR) is 110 cm³/mol. The van der Waals surface area contributed by atoms with Crippen LogP contribution in [0.2, 0.25) is 0 Å². The van der Waals surface area contributed by atoms with Crippen LogP contribution in [0.15, 0.2) is 18.2 Å². The minimum absolute atomic E-state index is 0. The smallest absolute Gasteiger partial charge is 0.504 e. The van der Waals surface area contributed by atoms with Crippen molar-refractivity contribution in [3.63, 3.8) is 0 Å². The van der Waals surface area contributed by atoms with Crippen LogP contribution < -0.4 is 4.74 Å². The molecule has 30 heavy (non-hydrogen) atoms. The van der Waals surface area contributed by atoms with Gasteiger partial charge in [0.05, 0.1) is 12.2 Å². The quantitative estimate of drug-likeness (QED) is 0.419. The molecule has 4 N–H and O–H groups in total. The number of piperidine rings is 1. The monoisotopic (exact) mass is 416 g/mol. The number of phenolic OH excluding ortho intramolecular Hbond substituents is 1. The first-order chi connectivity index (χ1) is 14.2. The average molecular weight is 416 g/mol. The van der Waals surface area contributed by atoms with Crippen LogP contribution in [0.25, 0.3) is 0 Å². The van der Waals surface area contributed by atoms with E-state index in [1.165, 1.54) is 6.07 Å². The van der Waals surface area contributed by atoms with E-state index in [1.807, 2.05) is 0 Å². The van der Waals surface area contributed by atoms with Crippen LogP contribution in [0.5, 0.6) is 11.5 Å². The Morgan fingerprint density at radius 3 is 2.90 bits per heavy atom. The highest BCUT2D eigenvalue weighted by molar-refractivity contribution is 5.99. The van der Waals surface area contributed by atoms with Gasteiger partial charge in [0.2, 0.25) is 0 Å². The Balaban J connectivity index is 0.00000231. The Kier molecular flexibility index (Phi) is 4.52. The lowest BCUT2D eigenvalue weighted by molar-refractivity contribution is -0.0453. The van der Waals surface area contributed by atoms with Crippen LogP contribution in [0.4, 0.5) is 0 Å². The third-order valence-corrected chi connectivity index (χ3v) is 7.61. The summed E-state index contributed by atoms with van der Waals surface area (Å²) < 4.78 is 6.16. The summed E-state index contributed by atoms with van der Waals surface area (Å²) in [7, 11) is 2.08. The van der Waals surface area contributed by atoms with Crippen molar-refractivity contribution < 1.29 is 31.4 Å². The van der Waals surface area contributed by atoms with E-state index in [0.29, 0.717) is 17.7 Å². The molecule has 162 valence electrons. The number of hydrogen-bond donors (Lipinski definition) is 4. The molecule has 2 unspecified atom stereocenters. The van der Waals surface area contributed by atoms with Gasteiger partial charge in [-0.1, -0.05) is 12.2 Å². The van der Waals surface area contributed by atoms with Crippen LogP contribution in [0, 0.1) is 5.92 Å². The number of nitrogens with zero attached hydrogens (tertiary/aromatic N) is 1. The summed E-state index contributed by atoms with van der Waals surface area (Å²) in [5, 5.41) is 41.2. The molecule has 7 nitrogen and oxygen atoms in total. The molecule has 2 aliphatic heterocycles. The Morgan fingerprint density at radius 2 is 2.17 bits per heavy atom. The number of ether oxygens (including phenoxy) is 1. The molecule has 2 heterocycles. The number of likely N-dealkylation sites (N-methyl/N-ethyl adjacent to an activating group) is 1. The minimum Gasteiger partial charge on any atom is -0.504 e. The molecule has 1 saturated heterocycles. The molecule has 0 aromatic heterocycles. The third-order valence-electron chi connectivity index (χ3n) is 7.61. The molecule has 1 aromatic carbocycles. The van der Waals surface area contributed by atoms with E-state index in [0.717, 1.165) is 24.1 Å². The molecule has 2 aliphatic carbocycles. The number of likely N-dealkylation sites (tertiary alicyclic amines) is 1. The standard InChI is InChI=1S/C23H29NO6/c1-11(25)7-12(26)8-18(28)13-10-19(29)21-20-14(13)9-16-15-3-4-17(27)22(30-21)23(15,20)5-6-24(16)2/h3-4,10-12,15-17,22,25-27,29H,5-9H2,1-2H3/p+1/t11?,12?,15-,16+,17-,22-,23-/m0/s1. The molecule has 7 atom stereocenters. The molecular weight excluding hydrogens is 386 g/mol. The number of ketones is 1. The maximum Gasteiger partial charge on any atom is 1.00 e. The fourth-order valence-electron chi connectivity index (χ4n) is 6.37. The van der Waals surface area contributed by atoms with E-state index < -0.39 is 29.8 Å². The molecule has 7 heteroatoms. The lowest BCUT2D eigenvalue weighted by Gasteiger charge is -2.56. The first kappa shape index (κ1) is 20.0. The first-order valence-electron chi connectivity index (χ1n) is 10.8.